The number of halogens is 1. The smallest absolute Gasteiger partial charge is 0.0409 e. The van der Waals surface area contributed by atoms with Crippen molar-refractivity contribution in [2.75, 3.05) is 32.7 Å². The summed E-state index contributed by atoms with van der Waals surface area (Å²) in [6, 6.07) is 8.70. The van der Waals surface area contributed by atoms with Crippen LogP contribution < -0.4 is 5.73 Å². The van der Waals surface area contributed by atoms with Gasteiger partial charge in [-0.15, -0.1) is 0 Å². The molecule has 1 saturated heterocycles. The largest absolute Gasteiger partial charge is 0.324 e. The van der Waals surface area contributed by atoms with E-state index in [0.29, 0.717) is 6.04 Å². The van der Waals surface area contributed by atoms with E-state index in [0.717, 1.165) is 36.6 Å². The molecule has 0 aliphatic carbocycles. The molecule has 0 spiro atoms. The third-order valence-corrected chi connectivity index (χ3v) is 4.89. The Bertz CT molecular complexity index is 430. The second-order valence-corrected chi connectivity index (χ2v) is 6.52. The second-order valence-electron chi connectivity index (χ2n) is 6.09. The number of nitrogens with two attached hydrogens (primary N) is 1. The van der Waals surface area contributed by atoms with Gasteiger partial charge in [0.15, 0.2) is 0 Å². The lowest BCUT2D eigenvalue weighted by molar-refractivity contribution is 0.0987. The molecule has 0 radical (unpaired) electrons. The van der Waals surface area contributed by atoms with Crippen LogP contribution in [-0.4, -0.2) is 48.6 Å². The lowest BCUT2D eigenvalue weighted by Crippen LogP contribution is -2.49. The highest BCUT2D eigenvalue weighted by atomic mass is 35.5. The molecule has 2 rings (SSSR count). The van der Waals surface area contributed by atoms with Crippen molar-refractivity contribution in [3.05, 3.63) is 34.9 Å². The van der Waals surface area contributed by atoms with Crippen LogP contribution in [0.5, 0.6) is 0 Å². The fourth-order valence-electron chi connectivity index (χ4n) is 2.91. The first-order valence-electron chi connectivity index (χ1n) is 8.07. The van der Waals surface area contributed by atoms with Crippen LogP contribution >= 0.6 is 11.6 Å². The first-order chi connectivity index (χ1) is 10.1. The van der Waals surface area contributed by atoms with Crippen LogP contribution in [0.15, 0.2) is 24.3 Å². The van der Waals surface area contributed by atoms with Gasteiger partial charge in [0.25, 0.3) is 0 Å². The van der Waals surface area contributed by atoms with Gasteiger partial charge in [-0.3, -0.25) is 4.90 Å². The van der Waals surface area contributed by atoms with Crippen LogP contribution in [0.1, 0.15) is 38.3 Å². The summed E-state index contributed by atoms with van der Waals surface area (Å²) in [5.74, 6) is 0. The predicted molar refractivity (Wildman–Crippen MR) is 90.8 cm³/mol. The van der Waals surface area contributed by atoms with Crippen molar-refractivity contribution in [2.45, 2.75) is 38.8 Å². The van der Waals surface area contributed by atoms with Gasteiger partial charge in [-0.05, 0) is 37.5 Å². The minimum Gasteiger partial charge on any atom is -0.324 e. The summed E-state index contributed by atoms with van der Waals surface area (Å²) in [5.41, 5.74) is 7.42. The summed E-state index contributed by atoms with van der Waals surface area (Å²) >= 11 is 6.03. The normalized spacial score (nSPS) is 20.4. The molecular formula is C17H28ClN3. The number of benzene rings is 1. The lowest BCUT2D eigenvalue weighted by atomic mass is 10.0. The molecule has 0 amide bonds. The van der Waals surface area contributed by atoms with E-state index in [9.17, 15) is 0 Å². The molecular weight excluding hydrogens is 282 g/mol. The van der Waals surface area contributed by atoms with Gasteiger partial charge in [-0.2, -0.15) is 0 Å². The molecule has 3 nitrogen and oxygen atoms in total. The third kappa shape index (κ3) is 4.96. The van der Waals surface area contributed by atoms with Gasteiger partial charge in [0.2, 0.25) is 0 Å². The minimum atomic E-state index is 0.0799. The van der Waals surface area contributed by atoms with Crippen molar-refractivity contribution in [2.24, 2.45) is 5.73 Å². The number of nitrogens with zero attached hydrogens (tertiary/aromatic N) is 2. The first-order valence-corrected chi connectivity index (χ1v) is 8.45. The van der Waals surface area contributed by atoms with Crippen molar-refractivity contribution in [1.82, 2.24) is 9.80 Å². The number of piperazine rings is 1. The van der Waals surface area contributed by atoms with Gasteiger partial charge in [0.05, 0.1) is 0 Å². The predicted octanol–water partition coefficient (Wildman–Crippen LogP) is 3.15. The summed E-state index contributed by atoms with van der Waals surface area (Å²) < 4.78 is 0. The summed E-state index contributed by atoms with van der Waals surface area (Å²) in [5, 5.41) is 0.769. The highest BCUT2D eigenvalue weighted by Crippen LogP contribution is 2.19. The maximum atomic E-state index is 6.28. The number of rotatable bonds is 6. The van der Waals surface area contributed by atoms with E-state index in [2.05, 4.69) is 29.7 Å². The van der Waals surface area contributed by atoms with E-state index < -0.39 is 0 Å². The Morgan fingerprint density at radius 2 is 1.95 bits per heavy atom. The molecule has 21 heavy (non-hydrogen) atoms. The van der Waals surface area contributed by atoms with E-state index in [1.807, 2.05) is 18.2 Å². The van der Waals surface area contributed by atoms with Crippen LogP contribution in [0.4, 0.5) is 0 Å². The Kier molecular flexibility index (Phi) is 6.49. The van der Waals surface area contributed by atoms with Crippen LogP contribution in [0.2, 0.25) is 5.02 Å². The molecule has 1 aliphatic heterocycles. The molecule has 0 bridgehead atoms. The zero-order valence-electron chi connectivity index (χ0n) is 13.3. The first kappa shape index (κ1) is 16.8. The van der Waals surface area contributed by atoms with Crippen molar-refractivity contribution < 1.29 is 0 Å². The molecule has 2 atom stereocenters. The number of hydrogen-bond donors (Lipinski definition) is 1. The standard InChI is InChI=1S/C17H28ClN3/c1-3-14(2)21-11-9-20(10-12-21)8-7-17(19)15-5-4-6-16(18)13-15/h4-6,13-14,17H,3,7-12,19H2,1-2H3. The van der Waals surface area contributed by atoms with Gasteiger partial charge in [0.1, 0.15) is 0 Å². The summed E-state index contributed by atoms with van der Waals surface area (Å²) in [6.07, 6.45) is 2.23. The zero-order chi connectivity index (χ0) is 15.2. The maximum Gasteiger partial charge on any atom is 0.0409 e. The average molecular weight is 310 g/mol. The molecule has 2 N–H and O–H groups in total. The molecule has 4 heteroatoms. The minimum absolute atomic E-state index is 0.0799. The van der Waals surface area contributed by atoms with Gasteiger partial charge in [-0.1, -0.05) is 30.7 Å². The molecule has 1 aromatic carbocycles. The van der Waals surface area contributed by atoms with Crippen molar-refractivity contribution in [1.29, 1.82) is 0 Å². The molecule has 1 aromatic rings. The van der Waals surface area contributed by atoms with Gasteiger partial charge >= 0.3 is 0 Å². The fraction of sp³-hybridized carbons (Fsp3) is 0.647. The Morgan fingerprint density at radius 3 is 2.57 bits per heavy atom. The van der Waals surface area contributed by atoms with Crippen LogP contribution in [0, 0.1) is 0 Å². The quantitative estimate of drug-likeness (QED) is 0.876. The molecule has 1 fully saturated rings. The Labute approximate surface area is 134 Å². The topological polar surface area (TPSA) is 32.5 Å². The Balaban J connectivity index is 1.74. The zero-order valence-corrected chi connectivity index (χ0v) is 14.0. The average Bonchev–Trinajstić information content (AvgIpc) is 2.52. The lowest BCUT2D eigenvalue weighted by Gasteiger charge is -2.38. The maximum absolute atomic E-state index is 6.28. The van der Waals surface area contributed by atoms with E-state index in [-0.39, 0.29) is 6.04 Å². The van der Waals surface area contributed by atoms with Gasteiger partial charge in [-0.25, -0.2) is 0 Å². The Morgan fingerprint density at radius 1 is 1.24 bits per heavy atom. The van der Waals surface area contributed by atoms with E-state index >= 15 is 0 Å². The molecule has 118 valence electrons. The van der Waals surface area contributed by atoms with E-state index in [1.54, 1.807) is 0 Å². The van der Waals surface area contributed by atoms with Crippen LogP contribution in [0.3, 0.4) is 0 Å². The fourth-order valence-corrected chi connectivity index (χ4v) is 3.11. The number of hydrogen-bond acceptors (Lipinski definition) is 3. The second kappa shape index (κ2) is 8.14. The van der Waals surface area contributed by atoms with Crippen molar-refractivity contribution >= 4 is 11.6 Å². The monoisotopic (exact) mass is 309 g/mol. The summed E-state index contributed by atoms with van der Waals surface area (Å²) in [7, 11) is 0. The van der Waals surface area contributed by atoms with Crippen molar-refractivity contribution in [3.8, 4) is 0 Å². The van der Waals surface area contributed by atoms with Crippen molar-refractivity contribution in [3.63, 3.8) is 0 Å². The van der Waals surface area contributed by atoms with Crippen LogP contribution in [-0.2, 0) is 0 Å². The van der Waals surface area contributed by atoms with Crippen LogP contribution in [0.25, 0.3) is 0 Å². The van der Waals surface area contributed by atoms with Gasteiger partial charge in [0, 0.05) is 49.8 Å². The molecule has 0 aromatic heterocycles. The van der Waals surface area contributed by atoms with Gasteiger partial charge < -0.3 is 10.6 Å². The highest BCUT2D eigenvalue weighted by Gasteiger charge is 2.20. The Hall–Kier alpha value is -0.610. The molecule has 2 unspecified atom stereocenters. The third-order valence-electron chi connectivity index (χ3n) is 4.65. The van der Waals surface area contributed by atoms with E-state index in [4.69, 9.17) is 17.3 Å². The molecule has 1 aliphatic rings. The highest BCUT2D eigenvalue weighted by molar-refractivity contribution is 6.30. The van der Waals surface area contributed by atoms with E-state index in [1.165, 1.54) is 19.5 Å². The summed E-state index contributed by atoms with van der Waals surface area (Å²) in [6.45, 7) is 10.3. The summed E-state index contributed by atoms with van der Waals surface area (Å²) in [4.78, 5) is 5.12. The molecule has 0 saturated carbocycles. The molecule has 1 heterocycles. The SMILES string of the molecule is CCC(C)N1CCN(CCC(N)c2cccc(Cl)c2)CC1.